The highest BCUT2D eigenvalue weighted by Crippen LogP contribution is 2.39. The zero-order valence-electron chi connectivity index (χ0n) is 11.4. The SMILES string of the molecule is C[C@@](C#N)([C@H]1CCCC(=O)C1)S(=O)(=O)c1ccccc1. The van der Waals surface area contributed by atoms with Crippen LogP contribution in [0.25, 0.3) is 0 Å². The van der Waals surface area contributed by atoms with Crippen molar-refractivity contribution < 1.29 is 13.2 Å². The topological polar surface area (TPSA) is 75.0 Å². The molecule has 0 spiro atoms. The molecule has 4 nitrogen and oxygen atoms in total. The van der Waals surface area contributed by atoms with Crippen molar-refractivity contribution in [2.75, 3.05) is 0 Å². The molecule has 0 unspecified atom stereocenters. The lowest BCUT2D eigenvalue weighted by Crippen LogP contribution is -2.43. The number of Topliss-reactive ketones (excluding diaryl/α,β-unsaturated/α-hetero) is 1. The third-order valence-corrected chi connectivity index (χ3v) is 6.53. The minimum Gasteiger partial charge on any atom is -0.300 e. The maximum atomic E-state index is 12.8. The lowest BCUT2D eigenvalue weighted by atomic mass is 9.80. The van der Waals surface area contributed by atoms with Crippen molar-refractivity contribution in [1.29, 1.82) is 5.26 Å². The van der Waals surface area contributed by atoms with E-state index < -0.39 is 20.5 Å². The van der Waals surface area contributed by atoms with E-state index >= 15 is 0 Å². The molecule has 0 heterocycles. The molecule has 1 aromatic rings. The summed E-state index contributed by atoms with van der Waals surface area (Å²) in [5, 5.41) is 9.48. The Morgan fingerprint density at radius 3 is 2.50 bits per heavy atom. The summed E-state index contributed by atoms with van der Waals surface area (Å²) < 4.78 is 24.0. The first-order valence-electron chi connectivity index (χ1n) is 6.64. The standard InChI is InChI=1S/C15H17NO3S/c1-15(11-16,12-6-5-7-13(17)10-12)20(18,19)14-8-3-2-4-9-14/h2-4,8-9,12H,5-7,10H2,1H3/t12-,15+/m0/s1. The minimum absolute atomic E-state index is 0.0472. The van der Waals surface area contributed by atoms with Gasteiger partial charge in [-0.05, 0) is 37.8 Å². The van der Waals surface area contributed by atoms with Gasteiger partial charge in [0.2, 0.25) is 0 Å². The molecule has 0 radical (unpaired) electrons. The van der Waals surface area contributed by atoms with Crippen molar-refractivity contribution in [2.24, 2.45) is 5.92 Å². The number of carbonyl (C=O) groups is 1. The third kappa shape index (κ3) is 2.36. The highest BCUT2D eigenvalue weighted by atomic mass is 32.2. The summed E-state index contributed by atoms with van der Waals surface area (Å²) in [6.07, 6.45) is 1.92. The van der Waals surface area contributed by atoms with E-state index in [2.05, 4.69) is 0 Å². The molecule has 0 aliphatic heterocycles. The zero-order chi connectivity index (χ0) is 14.8. The number of rotatable bonds is 3. The number of benzene rings is 1. The molecule has 5 heteroatoms. The van der Waals surface area contributed by atoms with Gasteiger partial charge in [-0.15, -0.1) is 0 Å². The molecule has 1 fully saturated rings. The van der Waals surface area contributed by atoms with Gasteiger partial charge in [0.05, 0.1) is 11.0 Å². The van der Waals surface area contributed by atoms with E-state index in [1.807, 2.05) is 6.07 Å². The Hall–Kier alpha value is -1.67. The summed E-state index contributed by atoms with van der Waals surface area (Å²) in [6.45, 7) is 1.44. The van der Waals surface area contributed by atoms with E-state index in [1.165, 1.54) is 19.1 Å². The first-order chi connectivity index (χ1) is 9.41. The molecule has 1 aromatic carbocycles. The predicted molar refractivity (Wildman–Crippen MR) is 74.6 cm³/mol. The Kier molecular flexibility index (Phi) is 3.96. The van der Waals surface area contributed by atoms with E-state index in [1.54, 1.807) is 18.2 Å². The van der Waals surface area contributed by atoms with Crippen molar-refractivity contribution in [3.05, 3.63) is 30.3 Å². The van der Waals surface area contributed by atoms with E-state index in [-0.39, 0.29) is 17.1 Å². The lowest BCUT2D eigenvalue weighted by molar-refractivity contribution is -0.121. The fourth-order valence-electron chi connectivity index (χ4n) is 2.71. The largest absolute Gasteiger partial charge is 0.300 e. The molecular weight excluding hydrogens is 274 g/mol. The smallest absolute Gasteiger partial charge is 0.197 e. The van der Waals surface area contributed by atoms with Crippen LogP contribution in [0, 0.1) is 17.2 Å². The molecule has 0 amide bonds. The quantitative estimate of drug-likeness (QED) is 0.857. The number of hydrogen-bond acceptors (Lipinski definition) is 4. The van der Waals surface area contributed by atoms with E-state index in [0.29, 0.717) is 19.3 Å². The summed E-state index contributed by atoms with van der Waals surface area (Å²) in [7, 11) is -3.79. The zero-order valence-corrected chi connectivity index (χ0v) is 12.2. The third-order valence-electron chi connectivity index (χ3n) is 4.10. The number of nitriles is 1. The maximum absolute atomic E-state index is 12.8. The number of hydrogen-bond donors (Lipinski definition) is 0. The monoisotopic (exact) mass is 291 g/mol. The summed E-state index contributed by atoms with van der Waals surface area (Å²) in [5.74, 6) is -0.384. The van der Waals surface area contributed by atoms with E-state index in [4.69, 9.17) is 0 Å². The Morgan fingerprint density at radius 1 is 1.30 bits per heavy atom. The summed E-state index contributed by atoms with van der Waals surface area (Å²) in [5.41, 5.74) is 0. The van der Waals surface area contributed by atoms with Crippen LogP contribution in [0.5, 0.6) is 0 Å². The van der Waals surface area contributed by atoms with Crippen molar-refractivity contribution >= 4 is 15.6 Å². The number of sulfone groups is 1. The van der Waals surface area contributed by atoms with Gasteiger partial charge in [-0.3, -0.25) is 4.79 Å². The average molecular weight is 291 g/mol. The molecule has 1 saturated carbocycles. The van der Waals surface area contributed by atoms with Gasteiger partial charge in [0.25, 0.3) is 0 Å². The maximum Gasteiger partial charge on any atom is 0.197 e. The molecule has 1 aliphatic carbocycles. The van der Waals surface area contributed by atoms with Crippen LogP contribution in [0.15, 0.2) is 35.2 Å². The summed E-state index contributed by atoms with van der Waals surface area (Å²) in [6, 6.07) is 9.96. The van der Waals surface area contributed by atoms with E-state index in [0.717, 1.165) is 0 Å². The van der Waals surface area contributed by atoms with Gasteiger partial charge in [0, 0.05) is 12.8 Å². The molecule has 2 atom stereocenters. The first kappa shape index (κ1) is 14.7. The second kappa shape index (κ2) is 5.37. The minimum atomic E-state index is -3.79. The Labute approximate surface area is 119 Å². The highest BCUT2D eigenvalue weighted by molar-refractivity contribution is 7.93. The molecule has 0 saturated heterocycles. The van der Waals surface area contributed by atoms with Crippen LogP contribution >= 0.6 is 0 Å². The predicted octanol–water partition coefficient (Wildman–Crippen LogP) is 2.50. The second-order valence-corrected chi connectivity index (χ2v) is 7.69. The Morgan fingerprint density at radius 2 is 1.95 bits per heavy atom. The summed E-state index contributed by atoms with van der Waals surface area (Å²) >= 11 is 0. The van der Waals surface area contributed by atoms with E-state index in [9.17, 15) is 18.5 Å². The van der Waals surface area contributed by atoms with Gasteiger partial charge in [-0.25, -0.2) is 8.42 Å². The normalized spacial score (nSPS) is 22.8. The summed E-state index contributed by atoms with van der Waals surface area (Å²) in [4.78, 5) is 11.7. The fourth-order valence-corrected chi connectivity index (χ4v) is 4.48. The van der Waals surface area contributed by atoms with Gasteiger partial charge in [0.15, 0.2) is 14.6 Å². The highest BCUT2D eigenvalue weighted by Gasteiger charge is 2.48. The number of ketones is 1. The van der Waals surface area contributed by atoms with Crippen LogP contribution in [0.4, 0.5) is 0 Å². The molecule has 0 bridgehead atoms. The van der Waals surface area contributed by atoms with Gasteiger partial charge in [-0.2, -0.15) is 5.26 Å². The van der Waals surface area contributed by atoms with Crippen LogP contribution < -0.4 is 0 Å². The molecule has 0 N–H and O–H groups in total. The number of carbonyl (C=O) groups excluding carboxylic acids is 1. The lowest BCUT2D eigenvalue weighted by Gasteiger charge is -2.33. The average Bonchev–Trinajstić information content (AvgIpc) is 2.47. The van der Waals surface area contributed by atoms with Gasteiger partial charge < -0.3 is 0 Å². The molecule has 20 heavy (non-hydrogen) atoms. The fraction of sp³-hybridized carbons (Fsp3) is 0.467. The number of nitrogens with zero attached hydrogens (tertiary/aromatic N) is 1. The van der Waals surface area contributed by atoms with Crippen LogP contribution in [0.1, 0.15) is 32.6 Å². The van der Waals surface area contributed by atoms with Crippen LogP contribution in [0.2, 0.25) is 0 Å². The van der Waals surface area contributed by atoms with Crippen molar-refractivity contribution in [3.63, 3.8) is 0 Å². The molecular formula is C15H17NO3S. The van der Waals surface area contributed by atoms with Crippen LogP contribution in [-0.4, -0.2) is 18.9 Å². The second-order valence-electron chi connectivity index (χ2n) is 5.37. The van der Waals surface area contributed by atoms with Crippen LogP contribution in [0.3, 0.4) is 0 Å². The Bertz CT molecular complexity index is 645. The van der Waals surface area contributed by atoms with Crippen molar-refractivity contribution in [3.8, 4) is 6.07 Å². The van der Waals surface area contributed by atoms with Gasteiger partial charge in [-0.1, -0.05) is 18.2 Å². The molecule has 106 valence electrons. The van der Waals surface area contributed by atoms with Gasteiger partial charge >= 0.3 is 0 Å². The Balaban J connectivity index is 2.45. The molecule has 0 aromatic heterocycles. The van der Waals surface area contributed by atoms with Gasteiger partial charge in [0.1, 0.15) is 5.78 Å². The van der Waals surface area contributed by atoms with Crippen LogP contribution in [-0.2, 0) is 14.6 Å². The molecule has 1 aliphatic rings. The van der Waals surface area contributed by atoms with Crippen molar-refractivity contribution in [1.82, 2.24) is 0 Å². The first-order valence-corrected chi connectivity index (χ1v) is 8.13. The van der Waals surface area contributed by atoms with Crippen molar-refractivity contribution in [2.45, 2.75) is 42.2 Å². The molecule has 2 rings (SSSR count).